The molecule has 1 N–H and O–H groups in total. The highest BCUT2D eigenvalue weighted by Gasteiger charge is 2.22. The predicted molar refractivity (Wildman–Crippen MR) is 87.7 cm³/mol. The smallest absolute Gasteiger partial charge is 0.340 e. The van der Waals surface area contributed by atoms with Crippen LogP contribution < -0.4 is 10.6 Å². The number of halogens is 1. The molecule has 0 spiro atoms. The van der Waals surface area contributed by atoms with Crippen LogP contribution in [0.5, 0.6) is 0 Å². The van der Waals surface area contributed by atoms with Crippen molar-refractivity contribution in [3.05, 3.63) is 40.2 Å². The molecule has 0 saturated heterocycles. The zero-order valence-electron chi connectivity index (χ0n) is 14.0. The molecule has 132 valence electrons. The number of Topliss-reactive ketones (excluding diaryl/α,β-unsaturated/α-hetero) is 1. The molecule has 0 unspecified atom stereocenters. The van der Waals surface area contributed by atoms with Crippen LogP contribution >= 0.6 is 0 Å². The molecule has 1 aromatic heterocycles. The molecule has 9 heteroatoms. The number of aromatic nitrogens is 2. The standard InChI is InChI=1S/C16H16FN3O5/c1-8(21)10(15(23)24)7-20(9(2)22)12-6-14-13(5-11(12)17)18(3)16(25)19(14)4/h5-7H,1-4H3,(H,23,24)/b10-7+. The van der Waals surface area contributed by atoms with E-state index in [-0.39, 0.29) is 11.4 Å². The maximum Gasteiger partial charge on any atom is 0.340 e. The monoisotopic (exact) mass is 349 g/mol. The van der Waals surface area contributed by atoms with Crippen molar-refractivity contribution in [2.24, 2.45) is 14.1 Å². The number of anilines is 1. The number of hydrogen-bond acceptors (Lipinski definition) is 4. The molecule has 1 aromatic carbocycles. The highest BCUT2D eigenvalue weighted by atomic mass is 19.1. The van der Waals surface area contributed by atoms with Gasteiger partial charge in [0.1, 0.15) is 11.4 Å². The second-order valence-electron chi connectivity index (χ2n) is 5.49. The number of amides is 1. The Labute approximate surface area is 141 Å². The minimum Gasteiger partial charge on any atom is -0.478 e. The van der Waals surface area contributed by atoms with Crippen molar-refractivity contribution in [1.29, 1.82) is 0 Å². The van der Waals surface area contributed by atoms with Crippen molar-refractivity contribution in [3.63, 3.8) is 0 Å². The number of hydrogen-bond donors (Lipinski definition) is 1. The van der Waals surface area contributed by atoms with Crippen molar-refractivity contribution in [2.75, 3.05) is 4.90 Å². The number of aliphatic carboxylic acids is 1. The van der Waals surface area contributed by atoms with Crippen molar-refractivity contribution >= 4 is 34.4 Å². The molecule has 0 aliphatic rings. The van der Waals surface area contributed by atoms with E-state index in [9.17, 15) is 23.6 Å². The molecule has 0 bridgehead atoms. The SMILES string of the molecule is CC(=O)/C(=C\N(C(C)=O)c1cc2c(cc1F)n(C)c(=O)n2C)C(=O)O. The third kappa shape index (κ3) is 3.08. The number of benzene rings is 1. The lowest BCUT2D eigenvalue weighted by Gasteiger charge is -2.18. The summed E-state index contributed by atoms with van der Waals surface area (Å²) in [6.45, 7) is 2.13. The van der Waals surface area contributed by atoms with Crippen LogP contribution in [0.1, 0.15) is 13.8 Å². The molecule has 25 heavy (non-hydrogen) atoms. The summed E-state index contributed by atoms with van der Waals surface area (Å²) in [5, 5.41) is 9.08. The van der Waals surface area contributed by atoms with Gasteiger partial charge in [0.05, 0.1) is 16.7 Å². The second-order valence-corrected chi connectivity index (χ2v) is 5.49. The van der Waals surface area contributed by atoms with Gasteiger partial charge in [-0.1, -0.05) is 0 Å². The Balaban J connectivity index is 2.77. The maximum absolute atomic E-state index is 14.5. The normalized spacial score (nSPS) is 11.6. The fraction of sp³-hybridized carbons (Fsp3) is 0.250. The molecule has 0 aliphatic carbocycles. The quantitative estimate of drug-likeness (QED) is 0.503. The number of carbonyl (C=O) groups excluding carboxylic acids is 2. The first-order valence-electron chi connectivity index (χ1n) is 7.17. The first kappa shape index (κ1) is 18.1. The van der Waals surface area contributed by atoms with E-state index in [0.29, 0.717) is 11.0 Å². The van der Waals surface area contributed by atoms with Gasteiger partial charge in [-0.2, -0.15) is 0 Å². The van der Waals surface area contributed by atoms with Gasteiger partial charge in [-0.15, -0.1) is 0 Å². The van der Waals surface area contributed by atoms with Gasteiger partial charge >= 0.3 is 11.7 Å². The summed E-state index contributed by atoms with van der Waals surface area (Å²) in [5.74, 6) is -3.85. The molecule has 0 fully saturated rings. The zero-order chi connectivity index (χ0) is 19.0. The molecule has 1 heterocycles. The number of carboxylic acids is 1. The van der Waals surface area contributed by atoms with E-state index in [2.05, 4.69) is 0 Å². The molecule has 0 saturated carbocycles. The fourth-order valence-electron chi connectivity index (χ4n) is 2.45. The number of nitrogens with zero attached hydrogens (tertiary/aromatic N) is 3. The van der Waals surface area contributed by atoms with E-state index in [4.69, 9.17) is 5.11 Å². The number of imidazole rings is 1. The van der Waals surface area contributed by atoms with Crippen molar-refractivity contribution < 1.29 is 23.9 Å². The summed E-state index contributed by atoms with van der Waals surface area (Å²) < 4.78 is 17.0. The summed E-state index contributed by atoms with van der Waals surface area (Å²) in [6, 6.07) is 2.33. The Morgan fingerprint density at radius 2 is 1.64 bits per heavy atom. The van der Waals surface area contributed by atoms with Crippen LogP contribution in [-0.4, -0.2) is 31.9 Å². The van der Waals surface area contributed by atoms with E-state index in [1.54, 1.807) is 0 Å². The average Bonchev–Trinajstić information content (AvgIpc) is 2.71. The van der Waals surface area contributed by atoms with Crippen LogP contribution in [0.4, 0.5) is 10.1 Å². The van der Waals surface area contributed by atoms with Gasteiger partial charge in [-0.05, 0) is 13.0 Å². The van der Waals surface area contributed by atoms with E-state index in [1.807, 2.05) is 0 Å². The van der Waals surface area contributed by atoms with Crippen LogP contribution in [0.15, 0.2) is 28.7 Å². The van der Waals surface area contributed by atoms with E-state index in [1.165, 1.54) is 29.3 Å². The fourth-order valence-corrected chi connectivity index (χ4v) is 2.45. The molecular weight excluding hydrogens is 333 g/mol. The Kier molecular flexibility index (Phi) is 4.60. The first-order valence-corrected chi connectivity index (χ1v) is 7.17. The largest absolute Gasteiger partial charge is 0.478 e. The van der Waals surface area contributed by atoms with Gasteiger partial charge in [-0.3, -0.25) is 23.6 Å². The lowest BCUT2D eigenvalue weighted by molar-refractivity contribution is -0.134. The first-order chi connectivity index (χ1) is 11.6. The molecular formula is C16H16FN3O5. The molecule has 8 nitrogen and oxygen atoms in total. The van der Waals surface area contributed by atoms with Gasteiger partial charge in [0.2, 0.25) is 5.91 Å². The van der Waals surface area contributed by atoms with Crippen molar-refractivity contribution in [1.82, 2.24) is 9.13 Å². The van der Waals surface area contributed by atoms with Crippen LogP contribution in [0.3, 0.4) is 0 Å². The molecule has 2 rings (SSSR count). The summed E-state index contributed by atoms with van der Waals surface area (Å²) in [6.07, 6.45) is 0.776. The van der Waals surface area contributed by atoms with Crippen LogP contribution in [0.2, 0.25) is 0 Å². The molecule has 0 radical (unpaired) electrons. The summed E-state index contributed by atoms with van der Waals surface area (Å²) in [7, 11) is 2.96. The van der Waals surface area contributed by atoms with Gasteiger partial charge in [-0.25, -0.2) is 14.0 Å². The Morgan fingerprint density at radius 3 is 2.08 bits per heavy atom. The third-order valence-electron chi connectivity index (χ3n) is 3.81. The van der Waals surface area contributed by atoms with Gasteiger partial charge in [0.15, 0.2) is 5.78 Å². The van der Waals surface area contributed by atoms with Crippen LogP contribution in [0.25, 0.3) is 11.0 Å². The number of fused-ring (bicyclic) bond motifs is 1. The summed E-state index contributed by atoms with van der Waals surface area (Å²) in [4.78, 5) is 47.2. The number of rotatable bonds is 4. The van der Waals surface area contributed by atoms with E-state index in [0.717, 1.165) is 31.0 Å². The maximum atomic E-state index is 14.5. The van der Waals surface area contributed by atoms with Gasteiger partial charge < -0.3 is 5.11 Å². The minimum atomic E-state index is -1.53. The number of ketones is 1. The Morgan fingerprint density at radius 1 is 1.12 bits per heavy atom. The molecule has 2 aromatic rings. The highest BCUT2D eigenvalue weighted by Crippen LogP contribution is 2.26. The number of carboxylic acid groups (broad SMARTS) is 1. The van der Waals surface area contributed by atoms with E-state index >= 15 is 0 Å². The van der Waals surface area contributed by atoms with Crippen molar-refractivity contribution in [2.45, 2.75) is 13.8 Å². The van der Waals surface area contributed by atoms with Gasteiger partial charge in [0, 0.05) is 33.3 Å². The highest BCUT2D eigenvalue weighted by molar-refractivity contribution is 6.16. The minimum absolute atomic E-state index is 0.263. The molecule has 1 amide bonds. The Bertz CT molecular complexity index is 983. The topological polar surface area (TPSA) is 102 Å². The van der Waals surface area contributed by atoms with Crippen molar-refractivity contribution in [3.8, 4) is 0 Å². The lowest BCUT2D eigenvalue weighted by atomic mass is 10.2. The number of carbonyl (C=O) groups is 3. The lowest BCUT2D eigenvalue weighted by Crippen LogP contribution is -2.26. The van der Waals surface area contributed by atoms with Crippen LogP contribution in [-0.2, 0) is 28.5 Å². The second kappa shape index (κ2) is 6.34. The Hall–Kier alpha value is -3.23. The average molecular weight is 349 g/mol. The van der Waals surface area contributed by atoms with Crippen LogP contribution in [0, 0.1) is 5.82 Å². The van der Waals surface area contributed by atoms with E-state index < -0.39 is 29.1 Å². The summed E-state index contributed by atoms with van der Waals surface area (Å²) >= 11 is 0. The predicted octanol–water partition coefficient (Wildman–Crippen LogP) is 0.926. The summed E-state index contributed by atoms with van der Waals surface area (Å²) in [5.41, 5.74) is -0.654. The molecule has 0 atom stereocenters. The third-order valence-corrected chi connectivity index (χ3v) is 3.81. The van der Waals surface area contributed by atoms with Gasteiger partial charge in [0.25, 0.3) is 0 Å². The zero-order valence-corrected chi connectivity index (χ0v) is 14.0. The molecule has 0 aliphatic heterocycles. The number of aryl methyl sites for hydroxylation is 2.